The summed E-state index contributed by atoms with van der Waals surface area (Å²) >= 11 is 0. The summed E-state index contributed by atoms with van der Waals surface area (Å²) in [5.41, 5.74) is 1.11. The fourth-order valence-electron chi connectivity index (χ4n) is 5.00. The van der Waals surface area contributed by atoms with Crippen molar-refractivity contribution in [3.8, 4) is 28.4 Å². The molecule has 0 heterocycles. The van der Waals surface area contributed by atoms with E-state index in [1.165, 1.54) is 12.1 Å². The Morgan fingerprint density at radius 2 is 1.43 bits per heavy atom. The van der Waals surface area contributed by atoms with Crippen LogP contribution in [-0.4, -0.2) is 19.2 Å². The molecule has 1 fully saturated rings. The van der Waals surface area contributed by atoms with Crippen molar-refractivity contribution >= 4 is 5.97 Å². The second-order valence-electron chi connectivity index (χ2n) is 10.3. The second-order valence-corrected chi connectivity index (χ2v) is 10.3. The summed E-state index contributed by atoms with van der Waals surface area (Å²) in [5, 5.41) is 0. The molecule has 0 bridgehead atoms. The largest absolute Gasteiger partial charge is 0.494 e. The summed E-state index contributed by atoms with van der Waals surface area (Å²) in [6.45, 7) is 5.15. The molecule has 7 heteroatoms. The van der Waals surface area contributed by atoms with E-state index in [0.717, 1.165) is 31.7 Å². The number of hydrogen-bond donors (Lipinski definition) is 0. The Morgan fingerprint density at radius 3 is 2.08 bits per heavy atom. The quantitative estimate of drug-likeness (QED) is 0.127. The Hall–Kier alpha value is -3.48. The molecule has 1 saturated carbocycles. The Morgan fingerprint density at radius 1 is 0.775 bits per heavy atom. The Balaban J connectivity index is 1.33. The van der Waals surface area contributed by atoms with Gasteiger partial charge in [0, 0.05) is 11.6 Å². The summed E-state index contributed by atoms with van der Waals surface area (Å²) in [4.78, 5) is 12.7. The lowest BCUT2D eigenvalue weighted by molar-refractivity contribution is -0.140. The maximum absolute atomic E-state index is 15.2. The molecule has 4 rings (SSSR count). The highest BCUT2D eigenvalue weighted by atomic mass is 19.2. The van der Waals surface area contributed by atoms with Crippen molar-refractivity contribution < 1.29 is 32.2 Å². The zero-order valence-electron chi connectivity index (χ0n) is 23.2. The molecule has 0 N–H and O–H groups in total. The summed E-state index contributed by atoms with van der Waals surface area (Å²) in [6.07, 6.45) is 5.76. The van der Waals surface area contributed by atoms with Crippen LogP contribution in [0.2, 0.25) is 0 Å². The van der Waals surface area contributed by atoms with Gasteiger partial charge < -0.3 is 14.2 Å². The highest BCUT2D eigenvalue weighted by Gasteiger charge is 2.31. The zero-order valence-corrected chi connectivity index (χ0v) is 23.2. The molecular formula is C33H37F3O4. The Bertz CT molecular complexity index is 1270. The molecular weight excluding hydrogens is 517 g/mol. The molecule has 214 valence electrons. The third-order valence-electron chi connectivity index (χ3n) is 7.42. The van der Waals surface area contributed by atoms with E-state index < -0.39 is 23.4 Å². The SMILES string of the molecule is CCCCOc1ccc(-c2ccc(C3CCC(C(=O)Oc4ccc(OCCCC)c(F)c4)CC3)c(F)c2F)cc1. The van der Waals surface area contributed by atoms with E-state index in [1.54, 1.807) is 36.4 Å². The summed E-state index contributed by atoms with van der Waals surface area (Å²) < 4.78 is 61.1. The van der Waals surface area contributed by atoms with Crippen LogP contribution < -0.4 is 14.2 Å². The lowest BCUT2D eigenvalue weighted by Gasteiger charge is -2.28. The average molecular weight is 555 g/mol. The first-order chi connectivity index (χ1) is 19.4. The maximum Gasteiger partial charge on any atom is 0.314 e. The molecule has 0 aliphatic heterocycles. The number of esters is 1. The number of carbonyl (C=O) groups is 1. The highest BCUT2D eigenvalue weighted by molar-refractivity contribution is 5.75. The van der Waals surface area contributed by atoms with E-state index in [2.05, 4.69) is 6.92 Å². The average Bonchev–Trinajstić information content (AvgIpc) is 2.96. The number of unbranched alkanes of at least 4 members (excludes halogenated alkanes) is 2. The van der Waals surface area contributed by atoms with Gasteiger partial charge in [-0.05, 0) is 79.8 Å². The number of ether oxygens (including phenoxy) is 3. The van der Waals surface area contributed by atoms with Crippen LogP contribution in [0.3, 0.4) is 0 Å². The second kappa shape index (κ2) is 14.2. The van der Waals surface area contributed by atoms with Crippen LogP contribution in [-0.2, 0) is 4.79 Å². The van der Waals surface area contributed by atoms with Crippen LogP contribution in [0.4, 0.5) is 13.2 Å². The van der Waals surface area contributed by atoms with E-state index in [4.69, 9.17) is 14.2 Å². The Kier molecular flexibility index (Phi) is 10.5. The van der Waals surface area contributed by atoms with E-state index in [0.29, 0.717) is 55.8 Å². The predicted molar refractivity (Wildman–Crippen MR) is 149 cm³/mol. The molecule has 0 unspecified atom stereocenters. The van der Waals surface area contributed by atoms with Crippen LogP contribution >= 0.6 is 0 Å². The molecule has 0 spiro atoms. The fourth-order valence-corrected chi connectivity index (χ4v) is 5.00. The van der Waals surface area contributed by atoms with Crippen molar-refractivity contribution in [1.82, 2.24) is 0 Å². The van der Waals surface area contributed by atoms with E-state index in [1.807, 2.05) is 6.92 Å². The number of benzene rings is 3. The molecule has 0 atom stereocenters. The molecule has 40 heavy (non-hydrogen) atoms. The van der Waals surface area contributed by atoms with Gasteiger partial charge in [-0.1, -0.05) is 51.0 Å². The van der Waals surface area contributed by atoms with E-state index in [-0.39, 0.29) is 28.9 Å². The first-order valence-corrected chi connectivity index (χ1v) is 14.3. The van der Waals surface area contributed by atoms with Crippen LogP contribution in [0.5, 0.6) is 17.2 Å². The van der Waals surface area contributed by atoms with Crippen molar-refractivity contribution in [2.75, 3.05) is 13.2 Å². The smallest absolute Gasteiger partial charge is 0.314 e. The molecule has 0 saturated heterocycles. The normalized spacial score (nSPS) is 16.9. The molecule has 3 aromatic carbocycles. The molecule has 4 nitrogen and oxygen atoms in total. The zero-order chi connectivity index (χ0) is 28.5. The van der Waals surface area contributed by atoms with Gasteiger partial charge >= 0.3 is 5.97 Å². The van der Waals surface area contributed by atoms with Crippen LogP contribution in [0.1, 0.15) is 76.7 Å². The number of rotatable bonds is 12. The van der Waals surface area contributed by atoms with Gasteiger partial charge in [0.2, 0.25) is 0 Å². The van der Waals surface area contributed by atoms with Crippen LogP contribution in [0.15, 0.2) is 54.6 Å². The first-order valence-electron chi connectivity index (χ1n) is 14.3. The standard InChI is InChI=1S/C33H37F3O4/c1-3-5-19-38-25-13-11-23(12-14-25)28-17-16-27(31(35)32(28)36)22-7-9-24(10-8-22)33(37)40-26-15-18-30(29(34)21-26)39-20-6-4-2/h11-18,21-22,24H,3-10,19-20H2,1-2H3. The minimum Gasteiger partial charge on any atom is -0.494 e. The minimum absolute atomic E-state index is 0.122. The fraction of sp³-hybridized carbons (Fsp3) is 0.424. The highest BCUT2D eigenvalue weighted by Crippen LogP contribution is 2.39. The molecule has 0 amide bonds. The third kappa shape index (κ3) is 7.38. The summed E-state index contributed by atoms with van der Waals surface area (Å²) in [6, 6.07) is 14.4. The summed E-state index contributed by atoms with van der Waals surface area (Å²) in [5.74, 6) is -2.37. The van der Waals surface area contributed by atoms with Crippen molar-refractivity contribution in [3.05, 3.63) is 77.6 Å². The first kappa shape index (κ1) is 29.5. The van der Waals surface area contributed by atoms with Gasteiger partial charge in [0.05, 0.1) is 19.1 Å². The number of hydrogen-bond acceptors (Lipinski definition) is 4. The molecule has 0 radical (unpaired) electrons. The molecule has 1 aliphatic carbocycles. The predicted octanol–water partition coefficient (Wildman–Crippen LogP) is 9.01. The van der Waals surface area contributed by atoms with Gasteiger partial charge in [0.25, 0.3) is 0 Å². The van der Waals surface area contributed by atoms with Gasteiger partial charge in [-0.15, -0.1) is 0 Å². The van der Waals surface area contributed by atoms with Gasteiger partial charge in [0.1, 0.15) is 11.5 Å². The van der Waals surface area contributed by atoms with Gasteiger partial charge in [-0.25, -0.2) is 13.2 Å². The van der Waals surface area contributed by atoms with E-state index >= 15 is 8.78 Å². The molecule has 0 aromatic heterocycles. The Labute approximate surface area is 234 Å². The topological polar surface area (TPSA) is 44.8 Å². The van der Waals surface area contributed by atoms with Gasteiger partial charge in [-0.3, -0.25) is 4.79 Å². The third-order valence-corrected chi connectivity index (χ3v) is 7.42. The van der Waals surface area contributed by atoms with Crippen LogP contribution in [0.25, 0.3) is 11.1 Å². The minimum atomic E-state index is -0.872. The number of carbonyl (C=O) groups excluding carboxylic acids is 1. The lowest BCUT2D eigenvalue weighted by atomic mass is 9.78. The maximum atomic E-state index is 15.2. The lowest BCUT2D eigenvalue weighted by Crippen LogP contribution is -2.25. The van der Waals surface area contributed by atoms with E-state index in [9.17, 15) is 9.18 Å². The van der Waals surface area contributed by atoms with Crippen molar-refractivity contribution in [1.29, 1.82) is 0 Å². The number of halogens is 3. The molecule has 1 aliphatic rings. The monoisotopic (exact) mass is 554 g/mol. The van der Waals surface area contributed by atoms with Crippen molar-refractivity contribution in [2.24, 2.45) is 5.92 Å². The van der Waals surface area contributed by atoms with Crippen LogP contribution in [0, 0.1) is 23.4 Å². The molecule has 3 aromatic rings. The van der Waals surface area contributed by atoms with Crippen molar-refractivity contribution in [3.63, 3.8) is 0 Å². The van der Waals surface area contributed by atoms with Gasteiger partial charge in [-0.2, -0.15) is 0 Å². The van der Waals surface area contributed by atoms with Gasteiger partial charge in [0.15, 0.2) is 23.2 Å². The van der Waals surface area contributed by atoms with Crippen molar-refractivity contribution in [2.45, 2.75) is 71.1 Å². The summed E-state index contributed by atoms with van der Waals surface area (Å²) in [7, 11) is 0.